The van der Waals surface area contributed by atoms with Crippen LogP contribution in [0, 0.1) is 6.92 Å². The third-order valence-corrected chi connectivity index (χ3v) is 2.13. The third kappa shape index (κ3) is 2.86. The van der Waals surface area contributed by atoms with Crippen LogP contribution in [0.1, 0.15) is 17.5 Å². The first-order chi connectivity index (χ1) is 6.24. The Kier molecular flexibility index (Phi) is 3.44. The molecule has 0 spiro atoms. The van der Waals surface area contributed by atoms with E-state index in [4.69, 9.17) is 0 Å². The van der Waals surface area contributed by atoms with E-state index in [2.05, 4.69) is 25.6 Å². The Hall–Kier alpha value is -1.37. The number of aryl methyl sites for hydroxylation is 2. The van der Waals surface area contributed by atoms with Crippen LogP contribution in [0.2, 0.25) is 0 Å². The number of allylic oxidation sites excluding steroid dienone is 1. The Labute approximate surface area is 79.1 Å². The summed E-state index contributed by atoms with van der Waals surface area (Å²) in [7, 11) is 0. The normalized spacial score (nSPS) is 9.62. The van der Waals surface area contributed by atoms with Crippen LogP contribution < -0.4 is 0 Å². The Morgan fingerprint density at radius 2 is 2.15 bits per heavy atom. The minimum Gasteiger partial charge on any atom is -0.295 e. The summed E-state index contributed by atoms with van der Waals surface area (Å²) >= 11 is 0. The number of carbonyl (C=O) groups excluding carboxylic acids is 1. The van der Waals surface area contributed by atoms with E-state index in [9.17, 15) is 4.79 Å². The van der Waals surface area contributed by atoms with Crippen molar-refractivity contribution in [1.29, 1.82) is 0 Å². The average molecular weight is 174 g/mol. The highest BCUT2D eigenvalue weighted by atomic mass is 16.1. The summed E-state index contributed by atoms with van der Waals surface area (Å²) in [6.07, 6.45) is 2.77. The molecule has 0 atom stereocenters. The number of carbonyl (C=O) groups is 1. The van der Waals surface area contributed by atoms with Gasteiger partial charge in [-0.25, -0.2) is 0 Å². The molecule has 0 radical (unpaired) electrons. The number of hydrogen-bond donors (Lipinski definition) is 0. The fraction of sp³-hybridized carbons (Fsp3) is 0.250. The highest BCUT2D eigenvalue weighted by molar-refractivity contribution is 5.89. The number of benzene rings is 1. The van der Waals surface area contributed by atoms with E-state index in [0.29, 0.717) is 6.42 Å². The van der Waals surface area contributed by atoms with Gasteiger partial charge in [0.1, 0.15) is 0 Å². The number of rotatable bonds is 4. The fourth-order valence-corrected chi connectivity index (χ4v) is 1.25. The van der Waals surface area contributed by atoms with Gasteiger partial charge < -0.3 is 0 Å². The van der Waals surface area contributed by atoms with E-state index in [-0.39, 0.29) is 5.78 Å². The quantitative estimate of drug-likeness (QED) is 0.641. The minimum atomic E-state index is 0.114. The van der Waals surface area contributed by atoms with Crippen molar-refractivity contribution in [3.05, 3.63) is 48.0 Å². The molecule has 1 aromatic carbocycles. The monoisotopic (exact) mass is 174 g/mol. The highest BCUT2D eigenvalue weighted by Crippen LogP contribution is 2.09. The molecule has 0 aromatic heterocycles. The number of ketones is 1. The molecule has 0 amide bonds. The van der Waals surface area contributed by atoms with Gasteiger partial charge in [0.05, 0.1) is 0 Å². The lowest BCUT2D eigenvalue weighted by molar-refractivity contribution is -0.114. The Bertz CT molecular complexity index is 313. The average Bonchev–Trinajstić information content (AvgIpc) is 2.16. The van der Waals surface area contributed by atoms with Crippen molar-refractivity contribution in [3.63, 3.8) is 0 Å². The van der Waals surface area contributed by atoms with E-state index in [1.54, 1.807) is 0 Å². The van der Waals surface area contributed by atoms with Crippen molar-refractivity contribution in [2.45, 2.75) is 19.8 Å². The van der Waals surface area contributed by atoms with Crippen LogP contribution in [0.3, 0.4) is 0 Å². The van der Waals surface area contributed by atoms with E-state index >= 15 is 0 Å². The maximum atomic E-state index is 11.0. The smallest absolute Gasteiger partial charge is 0.155 e. The van der Waals surface area contributed by atoms with Gasteiger partial charge in [0.25, 0.3) is 0 Å². The summed E-state index contributed by atoms with van der Waals surface area (Å²) in [5.74, 6) is 0.114. The molecule has 0 heterocycles. The van der Waals surface area contributed by atoms with Crippen LogP contribution in [0.5, 0.6) is 0 Å². The summed E-state index contributed by atoms with van der Waals surface area (Å²) in [5, 5.41) is 0. The second-order valence-electron chi connectivity index (χ2n) is 3.10. The molecule has 1 rings (SSSR count). The van der Waals surface area contributed by atoms with Crippen LogP contribution in [0.4, 0.5) is 0 Å². The lowest BCUT2D eigenvalue weighted by atomic mass is 10.0. The van der Waals surface area contributed by atoms with E-state index in [1.807, 2.05) is 12.1 Å². The highest BCUT2D eigenvalue weighted by Gasteiger charge is 1.99. The molecule has 0 N–H and O–H groups in total. The summed E-state index contributed by atoms with van der Waals surface area (Å²) < 4.78 is 0. The van der Waals surface area contributed by atoms with Crippen molar-refractivity contribution >= 4 is 5.78 Å². The zero-order valence-corrected chi connectivity index (χ0v) is 7.92. The molecule has 0 saturated carbocycles. The summed E-state index contributed by atoms with van der Waals surface area (Å²) in [5.41, 5.74) is 2.50. The summed E-state index contributed by atoms with van der Waals surface area (Å²) in [6.45, 7) is 5.51. The maximum absolute atomic E-state index is 11.0. The van der Waals surface area contributed by atoms with Gasteiger partial charge in [0.2, 0.25) is 0 Å². The van der Waals surface area contributed by atoms with E-state index in [1.165, 1.54) is 17.2 Å². The van der Waals surface area contributed by atoms with Crippen LogP contribution >= 0.6 is 0 Å². The van der Waals surface area contributed by atoms with Crippen molar-refractivity contribution in [2.24, 2.45) is 0 Å². The van der Waals surface area contributed by atoms with Crippen LogP contribution in [0.15, 0.2) is 36.9 Å². The first-order valence-corrected chi connectivity index (χ1v) is 4.44. The molecular formula is C12H14O. The van der Waals surface area contributed by atoms with Gasteiger partial charge in [-0.15, -0.1) is 0 Å². The molecular weight excluding hydrogens is 160 g/mol. The second kappa shape index (κ2) is 4.61. The molecule has 0 fully saturated rings. The molecule has 68 valence electrons. The maximum Gasteiger partial charge on any atom is 0.155 e. The van der Waals surface area contributed by atoms with Crippen molar-refractivity contribution in [1.82, 2.24) is 0 Å². The number of hydrogen-bond acceptors (Lipinski definition) is 1. The van der Waals surface area contributed by atoms with E-state index < -0.39 is 0 Å². The van der Waals surface area contributed by atoms with Gasteiger partial charge in [0, 0.05) is 6.42 Å². The van der Waals surface area contributed by atoms with Gasteiger partial charge in [-0.2, -0.15) is 0 Å². The Morgan fingerprint density at radius 1 is 1.46 bits per heavy atom. The SMILES string of the molecule is C=CC(=O)CCc1ccccc1C. The van der Waals surface area contributed by atoms with Crippen molar-refractivity contribution < 1.29 is 4.79 Å². The molecule has 0 unspecified atom stereocenters. The Balaban J connectivity index is 2.59. The van der Waals surface area contributed by atoms with E-state index in [0.717, 1.165) is 6.42 Å². The predicted octanol–water partition coefficient (Wildman–Crippen LogP) is 2.68. The second-order valence-corrected chi connectivity index (χ2v) is 3.10. The molecule has 1 heteroatoms. The predicted molar refractivity (Wildman–Crippen MR) is 54.7 cm³/mol. The largest absolute Gasteiger partial charge is 0.295 e. The zero-order valence-electron chi connectivity index (χ0n) is 7.92. The molecule has 0 aliphatic rings. The minimum absolute atomic E-state index is 0.114. The molecule has 13 heavy (non-hydrogen) atoms. The summed E-state index contributed by atoms with van der Waals surface area (Å²) in [6, 6.07) is 8.13. The van der Waals surface area contributed by atoms with Gasteiger partial charge in [-0.3, -0.25) is 4.79 Å². The first-order valence-electron chi connectivity index (χ1n) is 4.44. The van der Waals surface area contributed by atoms with Crippen LogP contribution in [0.25, 0.3) is 0 Å². The Morgan fingerprint density at radius 3 is 2.77 bits per heavy atom. The topological polar surface area (TPSA) is 17.1 Å². The van der Waals surface area contributed by atoms with Crippen molar-refractivity contribution in [3.8, 4) is 0 Å². The van der Waals surface area contributed by atoms with Crippen molar-refractivity contribution in [2.75, 3.05) is 0 Å². The fourth-order valence-electron chi connectivity index (χ4n) is 1.25. The molecule has 1 nitrogen and oxygen atoms in total. The van der Waals surface area contributed by atoms with Gasteiger partial charge in [0.15, 0.2) is 5.78 Å². The molecule has 0 bridgehead atoms. The standard InChI is InChI=1S/C12H14O/c1-3-12(13)9-8-11-7-5-4-6-10(11)2/h3-7H,1,8-9H2,2H3. The lowest BCUT2D eigenvalue weighted by Crippen LogP contribution is -1.96. The molecule has 0 aliphatic carbocycles. The van der Waals surface area contributed by atoms with Crippen LogP contribution in [-0.2, 0) is 11.2 Å². The van der Waals surface area contributed by atoms with Gasteiger partial charge >= 0.3 is 0 Å². The zero-order chi connectivity index (χ0) is 9.68. The van der Waals surface area contributed by atoms with Gasteiger partial charge in [-0.1, -0.05) is 30.8 Å². The third-order valence-electron chi connectivity index (χ3n) is 2.13. The lowest BCUT2D eigenvalue weighted by Gasteiger charge is -2.02. The van der Waals surface area contributed by atoms with Crippen LogP contribution in [-0.4, -0.2) is 5.78 Å². The first kappa shape index (κ1) is 9.72. The summed E-state index contributed by atoms with van der Waals surface area (Å²) in [4.78, 5) is 11.0. The molecule has 0 aliphatic heterocycles. The van der Waals surface area contributed by atoms with Gasteiger partial charge in [-0.05, 0) is 30.5 Å². The molecule has 1 aromatic rings. The molecule has 0 saturated heterocycles.